The smallest absolute Gasteiger partial charge is 0.257 e. The Morgan fingerprint density at radius 3 is 2.73 bits per heavy atom. The van der Waals surface area contributed by atoms with Crippen LogP contribution in [0.3, 0.4) is 0 Å². The molecule has 0 bridgehead atoms. The molecule has 0 aliphatic carbocycles. The number of likely N-dealkylation sites (tertiary alicyclic amines) is 1. The van der Waals surface area contributed by atoms with Crippen LogP contribution < -0.4 is 0 Å². The fraction of sp³-hybridized carbons (Fsp3) is 0.360. The van der Waals surface area contributed by atoms with Gasteiger partial charge in [-0.1, -0.05) is 66.6 Å². The molecule has 1 saturated heterocycles. The van der Waals surface area contributed by atoms with Gasteiger partial charge in [-0.05, 0) is 37.4 Å². The molecule has 1 N–H and O–H groups in total. The number of amides is 1. The summed E-state index contributed by atoms with van der Waals surface area (Å²) in [4.78, 5) is 17.5. The number of nitrogens with zero attached hydrogens (tertiary/aromatic N) is 3. The highest BCUT2D eigenvalue weighted by molar-refractivity contribution is 5.95. The van der Waals surface area contributed by atoms with E-state index in [4.69, 9.17) is 0 Å². The normalized spacial score (nSPS) is 17.1. The van der Waals surface area contributed by atoms with Gasteiger partial charge in [0.05, 0.1) is 23.5 Å². The van der Waals surface area contributed by atoms with Gasteiger partial charge in [0.1, 0.15) is 0 Å². The molecule has 0 saturated carbocycles. The molecule has 1 fully saturated rings. The zero-order valence-corrected chi connectivity index (χ0v) is 17.8. The van der Waals surface area contributed by atoms with Crippen LogP contribution in [0.1, 0.15) is 58.0 Å². The van der Waals surface area contributed by atoms with Gasteiger partial charge in [0.25, 0.3) is 5.91 Å². The number of nitrogens with one attached hydrogen (secondary N) is 1. The minimum absolute atomic E-state index is 0.0173. The van der Waals surface area contributed by atoms with Crippen LogP contribution in [0.5, 0.6) is 0 Å². The molecule has 156 valence electrons. The van der Waals surface area contributed by atoms with Gasteiger partial charge in [-0.25, -0.2) is 0 Å². The van der Waals surface area contributed by atoms with Gasteiger partial charge in [0.2, 0.25) is 0 Å². The molecule has 0 spiro atoms. The zero-order valence-electron chi connectivity index (χ0n) is 17.8. The minimum Gasteiger partial charge on any atom is -0.337 e. The third-order valence-corrected chi connectivity index (χ3v) is 5.92. The second-order valence-electron chi connectivity index (χ2n) is 8.32. The standard InChI is InChI=1S/C25H30N4O/c1-19-9-8-12-21(15-19)18-29-14-7-6-13-23(29)24-22(16-26-27-24)25(30)28(2)17-20-10-4-3-5-11-20/h3-5,8-12,15-16,23H,6-7,13-14,17-18H2,1-2H3,(H,26,27)/t23-/m0/s1. The summed E-state index contributed by atoms with van der Waals surface area (Å²) in [5.41, 5.74) is 5.36. The van der Waals surface area contributed by atoms with E-state index >= 15 is 0 Å². The lowest BCUT2D eigenvalue weighted by Crippen LogP contribution is -2.35. The Labute approximate surface area is 178 Å². The summed E-state index contributed by atoms with van der Waals surface area (Å²) in [5.74, 6) is 0.0173. The molecule has 4 rings (SSSR count). The fourth-order valence-electron chi connectivity index (χ4n) is 4.41. The highest BCUT2D eigenvalue weighted by Crippen LogP contribution is 2.33. The minimum atomic E-state index is 0.0173. The number of aromatic amines is 1. The van der Waals surface area contributed by atoms with Gasteiger partial charge < -0.3 is 4.90 Å². The number of piperidine rings is 1. The first-order valence-corrected chi connectivity index (χ1v) is 10.7. The van der Waals surface area contributed by atoms with Crippen molar-refractivity contribution in [3.05, 3.63) is 88.7 Å². The van der Waals surface area contributed by atoms with Gasteiger partial charge >= 0.3 is 0 Å². The van der Waals surface area contributed by atoms with E-state index in [1.807, 2.05) is 37.4 Å². The van der Waals surface area contributed by atoms with Crippen molar-refractivity contribution in [1.82, 2.24) is 20.0 Å². The van der Waals surface area contributed by atoms with Gasteiger partial charge in [0, 0.05) is 20.1 Å². The van der Waals surface area contributed by atoms with E-state index in [0.717, 1.165) is 30.8 Å². The predicted octanol–water partition coefficient (Wildman–Crippen LogP) is 4.72. The monoisotopic (exact) mass is 402 g/mol. The molecule has 2 aromatic carbocycles. The van der Waals surface area contributed by atoms with E-state index in [9.17, 15) is 4.79 Å². The molecule has 5 heteroatoms. The van der Waals surface area contributed by atoms with Gasteiger partial charge in [-0.15, -0.1) is 0 Å². The molecular weight excluding hydrogens is 372 g/mol. The van der Waals surface area contributed by atoms with Crippen molar-refractivity contribution in [2.75, 3.05) is 13.6 Å². The highest BCUT2D eigenvalue weighted by Gasteiger charge is 2.30. The summed E-state index contributed by atoms with van der Waals surface area (Å²) in [5, 5.41) is 7.43. The molecule has 2 heterocycles. The van der Waals surface area contributed by atoms with Crippen molar-refractivity contribution in [2.45, 2.75) is 45.3 Å². The number of rotatable bonds is 6. The number of hydrogen-bond acceptors (Lipinski definition) is 3. The van der Waals surface area contributed by atoms with E-state index in [1.54, 1.807) is 11.1 Å². The van der Waals surface area contributed by atoms with E-state index in [-0.39, 0.29) is 11.9 Å². The number of H-pyrrole nitrogens is 1. The molecule has 0 radical (unpaired) electrons. The molecule has 0 unspecified atom stereocenters. The lowest BCUT2D eigenvalue weighted by Gasteiger charge is -2.35. The molecule has 5 nitrogen and oxygen atoms in total. The fourth-order valence-corrected chi connectivity index (χ4v) is 4.41. The second kappa shape index (κ2) is 9.26. The third kappa shape index (κ3) is 4.62. The van der Waals surface area contributed by atoms with E-state index in [0.29, 0.717) is 12.1 Å². The highest BCUT2D eigenvalue weighted by atomic mass is 16.2. The maximum atomic E-state index is 13.2. The average molecular weight is 403 g/mol. The summed E-state index contributed by atoms with van der Waals surface area (Å²) in [6.07, 6.45) is 5.09. The van der Waals surface area contributed by atoms with E-state index in [2.05, 4.69) is 46.3 Å². The Balaban J connectivity index is 1.53. The van der Waals surface area contributed by atoms with Gasteiger partial charge in [-0.3, -0.25) is 14.8 Å². The van der Waals surface area contributed by atoms with Crippen molar-refractivity contribution in [1.29, 1.82) is 0 Å². The SMILES string of the molecule is Cc1cccc(CN2CCCC[C@H]2c2[nH]ncc2C(=O)N(C)Cc2ccccc2)c1. The molecular formula is C25H30N4O. The molecule has 1 atom stereocenters. The van der Waals surface area contributed by atoms with Crippen LogP contribution in [0.2, 0.25) is 0 Å². The van der Waals surface area contributed by atoms with Crippen LogP contribution in [-0.4, -0.2) is 39.5 Å². The first kappa shape index (κ1) is 20.4. The van der Waals surface area contributed by atoms with Crippen molar-refractivity contribution >= 4 is 5.91 Å². The van der Waals surface area contributed by atoms with Crippen LogP contribution >= 0.6 is 0 Å². The number of aryl methyl sites for hydroxylation is 1. The lowest BCUT2D eigenvalue weighted by atomic mass is 9.95. The quantitative estimate of drug-likeness (QED) is 0.649. The lowest BCUT2D eigenvalue weighted by molar-refractivity contribution is 0.0776. The average Bonchev–Trinajstić information content (AvgIpc) is 3.24. The second-order valence-corrected chi connectivity index (χ2v) is 8.32. The zero-order chi connectivity index (χ0) is 20.9. The van der Waals surface area contributed by atoms with Crippen LogP contribution in [0.4, 0.5) is 0 Å². The summed E-state index contributed by atoms with van der Waals surface area (Å²) in [7, 11) is 1.86. The summed E-state index contributed by atoms with van der Waals surface area (Å²) in [6.45, 7) is 4.64. The van der Waals surface area contributed by atoms with Crippen LogP contribution in [0.15, 0.2) is 60.8 Å². The molecule has 1 amide bonds. The van der Waals surface area contributed by atoms with Crippen LogP contribution in [0, 0.1) is 6.92 Å². The molecule has 3 aromatic rings. The molecule has 1 aliphatic heterocycles. The van der Waals surface area contributed by atoms with Crippen molar-refractivity contribution in [3.63, 3.8) is 0 Å². The van der Waals surface area contributed by atoms with Crippen LogP contribution in [-0.2, 0) is 13.1 Å². The largest absolute Gasteiger partial charge is 0.337 e. The molecule has 1 aliphatic rings. The van der Waals surface area contributed by atoms with Gasteiger partial charge in [-0.2, -0.15) is 5.10 Å². The summed E-state index contributed by atoms with van der Waals surface area (Å²) in [6, 6.07) is 19.0. The van der Waals surface area contributed by atoms with Crippen molar-refractivity contribution in [3.8, 4) is 0 Å². The van der Waals surface area contributed by atoms with Gasteiger partial charge in [0.15, 0.2) is 0 Å². The van der Waals surface area contributed by atoms with E-state index < -0.39 is 0 Å². The number of aromatic nitrogens is 2. The maximum Gasteiger partial charge on any atom is 0.257 e. The number of hydrogen-bond donors (Lipinski definition) is 1. The Bertz CT molecular complexity index is 982. The topological polar surface area (TPSA) is 52.2 Å². The van der Waals surface area contributed by atoms with E-state index in [1.165, 1.54) is 24.0 Å². The number of benzene rings is 2. The summed E-state index contributed by atoms with van der Waals surface area (Å²) >= 11 is 0. The molecule has 30 heavy (non-hydrogen) atoms. The Hall–Kier alpha value is -2.92. The third-order valence-electron chi connectivity index (χ3n) is 5.92. The molecule has 1 aromatic heterocycles. The van der Waals surface area contributed by atoms with Crippen molar-refractivity contribution in [2.24, 2.45) is 0 Å². The number of carbonyl (C=O) groups is 1. The first-order valence-electron chi connectivity index (χ1n) is 10.7. The van der Waals surface area contributed by atoms with Crippen LogP contribution in [0.25, 0.3) is 0 Å². The Kier molecular flexibility index (Phi) is 6.29. The first-order chi connectivity index (χ1) is 14.6. The summed E-state index contributed by atoms with van der Waals surface area (Å²) < 4.78 is 0. The Morgan fingerprint density at radius 2 is 1.93 bits per heavy atom. The van der Waals surface area contributed by atoms with Crippen molar-refractivity contribution < 1.29 is 4.79 Å². The Morgan fingerprint density at radius 1 is 1.13 bits per heavy atom. The maximum absolute atomic E-state index is 13.2. The predicted molar refractivity (Wildman–Crippen MR) is 119 cm³/mol. The number of carbonyl (C=O) groups excluding carboxylic acids is 1.